The molecule has 31 heavy (non-hydrogen) atoms. The predicted molar refractivity (Wildman–Crippen MR) is 118 cm³/mol. The van der Waals surface area contributed by atoms with Gasteiger partial charge in [0, 0.05) is 23.2 Å². The van der Waals surface area contributed by atoms with Crippen LogP contribution in [0.15, 0.2) is 60.8 Å². The van der Waals surface area contributed by atoms with Crippen molar-refractivity contribution in [2.45, 2.75) is 38.8 Å². The zero-order valence-corrected chi connectivity index (χ0v) is 18.4. The van der Waals surface area contributed by atoms with Crippen molar-refractivity contribution in [1.29, 1.82) is 0 Å². The summed E-state index contributed by atoms with van der Waals surface area (Å²) in [6.07, 6.45) is 1.76. The van der Waals surface area contributed by atoms with E-state index in [1.54, 1.807) is 37.6 Å². The molecule has 2 aromatic rings. The molecule has 0 radical (unpaired) electrons. The van der Waals surface area contributed by atoms with Gasteiger partial charge in [-0.1, -0.05) is 36.4 Å². The molecule has 0 spiro atoms. The fourth-order valence-electron chi connectivity index (χ4n) is 3.86. The first kappa shape index (κ1) is 22.6. The average Bonchev–Trinajstić information content (AvgIpc) is 3.10. The lowest BCUT2D eigenvalue weighted by molar-refractivity contribution is -0.155. The lowest BCUT2D eigenvalue weighted by atomic mass is 9.87. The van der Waals surface area contributed by atoms with Crippen LogP contribution in [-0.2, 0) is 9.53 Å². The van der Waals surface area contributed by atoms with Crippen LogP contribution < -0.4 is 4.74 Å². The normalized spacial score (nSPS) is 18.5. The number of esters is 1. The molecule has 164 valence electrons. The van der Waals surface area contributed by atoms with E-state index in [0.29, 0.717) is 11.3 Å². The summed E-state index contributed by atoms with van der Waals surface area (Å²) in [6.45, 7) is 5.14. The zero-order valence-electron chi connectivity index (χ0n) is 18.4. The number of hydrogen-bond donors (Lipinski definition) is 1. The van der Waals surface area contributed by atoms with Crippen LogP contribution in [0.3, 0.4) is 0 Å². The van der Waals surface area contributed by atoms with Gasteiger partial charge in [-0.25, -0.2) is 0 Å². The third-order valence-electron chi connectivity index (χ3n) is 5.17. The van der Waals surface area contributed by atoms with E-state index in [0.717, 1.165) is 11.1 Å². The lowest BCUT2D eigenvalue weighted by Crippen LogP contribution is -2.40. The van der Waals surface area contributed by atoms with Crippen LogP contribution in [0.1, 0.15) is 43.1 Å². The Morgan fingerprint density at radius 3 is 2.29 bits per heavy atom. The minimum atomic E-state index is -0.627. The number of carbonyl (C=O) groups is 2. The van der Waals surface area contributed by atoms with Crippen LogP contribution >= 0.6 is 0 Å². The summed E-state index contributed by atoms with van der Waals surface area (Å²) in [4.78, 5) is 27.4. The monoisotopic (exact) mass is 423 g/mol. The van der Waals surface area contributed by atoms with Gasteiger partial charge in [-0.05, 0) is 44.5 Å². The number of amides is 1. The van der Waals surface area contributed by atoms with E-state index in [-0.39, 0.29) is 24.9 Å². The summed E-state index contributed by atoms with van der Waals surface area (Å²) in [7, 11) is 1.58. The SMILES string of the molecule is COc1ccccc1C1=CN(C(=O)c2ccccc2)[C@H](CO)[C@H]1CC(=O)OC(C)(C)C. The molecule has 0 saturated heterocycles. The molecule has 1 N–H and O–H groups in total. The Kier molecular flexibility index (Phi) is 6.81. The molecule has 0 aromatic heterocycles. The highest BCUT2D eigenvalue weighted by atomic mass is 16.6. The molecule has 1 heterocycles. The minimum Gasteiger partial charge on any atom is -0.496 e. The summed E-state index contributed by atoms with van der Waals surface area (Å²) in [6, 6.07) is 15.7. The largest absolute Gasteiger partial charge is 0.496 e. The van der Waals surface area contributed by atoms with Gasteiger partial charge >= 0.3 is 5.97 Å². The topological polar surface area (TPSA) is 76.1 Å². The highest BCUT2D eigenvalue weighted by molar-refractivity contribution is 5.97. The van der Waals surface area contributed by atoms with E-state index in [4.69, 9.17) is 9.47 Å². The van der Waals surface area contributed by atoms with Crippen LogP contribution in [0, 0.1) is 5.92 Å². The van der Waals surface area contributed by atoms with Gasteiger partial charge in [0.25, 0.3) is 5.91 Å². The summed E-state index contributed by atoms with van der Waals surface area (Å²) >= 11 is 0. The molecule has 6 nitrogen and oxygen atoms in total. The summed E-state index contributed by atoms with van der Waals surface area (Å²) in [5.41, 5.74) is 1.42. The number of methoxy groups -OCH3 is 1. The average molecular weight is 424 g/mol. The molecule has 2 atom stereocenters. The van der Waals surface area contributed by atoms with Gasteiger partial charge in [0.15, 0.2) is 0 Å². The highest BCUT2D eigenvalue weighted by Gasteiger charge is 2.41. The first-order valence-electron chi connectivity index (χ1n) is 10.3. The zero-order chi connectivity index (χ0) is 22.6. The highest BCUT2D eigenvalue weighted by Crippen LogP contribution is 2.41. The van der Waals surface area contributed by atoms with Crippen molar-refractivity contribution >= 4 is 17.4 Å². The first-order chi connectivity index (χ1) is 14.7. The molecular weight excluding hydrogens is 394 g/mol. The molecule has 0 bridgehead atoms. The Balaban J connectivity index is 2.02. The lowest BCUT2D eigenvalue weighted by Gasteiger charge is -2.28. The maximum Gasteiger partial charge on any atom is 0.307 e. The van der Waals surface area contributed by atoms with E-state index in [1.807, 2.05) is 51.1 Å². The van der Waals surface area contributed by atoms with Crippen LogP contribution in [0.25, 0.3) is 5.57 Å². The second-order valence-electron chi connectivity index (χ2n) is 8.51. The Labute approximate surface area is 183 Å². The molecule has 3 rings (SSSR count). The number of carbonyl (C=O) groups excluding carboxylic acids is 2. The van der Waals surface area contributed by atoms with Crippen LogP contribution in [0.5, 0.6) is 5.75 Å². The number of ether oxygens (including phenoxy) is 2. The fourth-order valence-corrected chi connectivity index (χ4v) is 3.86. The number of hydrogen-bond acceptors (Lipinski definition) is 5. The van der Waals surface area contributed by atoms with Crippen molar-refractivity contribution in [3.05, 3.63) is 71.9 Å². The number of benzene rings is 2. The van der Waals surface area contributed by atoms with Gasteiger partial charge in [-0.2, -0.15) is 0 Å². The van der Waals surface area contributed by atoms with E-state index >= 15 is 0 Å². The second-order valence-corrected chi connectivity index (χ2v) is 8.51. The van der Waals surface area contributed by atoms with Crippen LogP contribution in [-0.4, -0.2) is 47.2 Å². The number of aliphatic hydroxyl groups is 1. The Bertz CT molecular complexity index is 961. The summed E-state index contributed by atoms with van der Waals surface area (Å²) in [5, 5.41) is 10.2. The van der Waals surface area contributed by atoms with Gasteiger partial charge < -0.3 is 19.5 Å². The van der Waals surface area contributed by atoms with Gasteiger partial charge in [0.2, 0.25) is 0 Å². The van der Waals surface area contributed by atoms with Gasteiger partial charge in [0.1, 0.15) is 11.4 Å². The van der Waals surface area contributed by atoms with Crippen molar-refractivity contribution in [3.63, 3.8) is 0 Å². The number of rotatable bonds is 6. The molecular formula is C25H29NO5. The summed E-state index contributed by atoms with van der Waals surface area (Å²) in [5.74, 6) is -0.429. The molecule has 2 aromatic carbocycles. The fraction of sp³-hybridized carbons (Fsp3) is 0.360. The maximum atomic E-state index is 13.2. The Hall–Kier alpha value is -3.12. The van der Waals surface area contributed by atoms with Crippen molar-refractivity contribution < 1.29 is 24.2 Å². The third-order valence-corrected chi connectivity index (χ3v) is 5.17. The van der Waals surface area contributed by atoms with E-state index in [2.05, 4.69) is 0 Å². The number of aliphatic hydroxyl groups excluding tert-OH is 1. The van der Waals surface area contributed by atoms with Gasteiger partial charge in [-0.3, -0.25) is 9.59 Å². The molecule has 1 aliphatic rings. The first-order valence-corrected chi connectivity index (χ1v) is 10.3. The molecule has 0 saturated carbocycles. The van der Waals surface area contributed by atoms with Crippen molar-refractivity contribution in [2.24, 2.45) is 5.92 Å². The smallest absolute Gasteiger partial charge is 0.307 e. The molecule has 0 unspecified atom stereocenters. The maximum absolute atomic E-state index is 13.2. The third kappa shape index (κ3) is 5.14. The second kappa shape index (κ2) is 9.35. The Morgan fingerprint density at radius 1 is 1.03 bits per heavy atom. The van der Waals surface area contributed by atoms with Crippen molar-refractivity contribution in [2.75, 3.05) is 13.7 Å². The standard InChI is InChI=1S/C25H29NO5/c1-25(2,3)31-23(28)14-19-20(18-12-8-9-13-22(18)30-4)15-26(21(19)16-27)24(29)17-10-6-5-7-11-17/h5-13,15,19,21,27H,14,16H2,1-4H3/t19-,21+/m0/s1. The minimum absolute atomic E-state index is 0.0327. The van der Waals surface area contributed by atoms with Crippen LogP contribution in [0.2, 0.25) is 0 Å². The molecule has 0 aliphatic carbocycles. The van der Waals surface area contributed by atoms with Gasteiger partial charge in [0.05, 0.1) is 26.2 Å². The van der Waals surface area contributed by atoms with Crippen molar-refractivity contribution in [1.82, 2.24) is 4.90 Å². The molecule has 1 amide bonds. The quantitative estimate of drug-likeness (QED) is 0.713. The molecule has 6 heteroatoms. The van der Waals surface area contributed by atoms with E-state index in [9.17, 15) is 14.7 Å². The van der Waals surface area contributed by atoms with E-state index in [1.165, 1.54) is 4.90 Å². The van der Waals surface area contributed by atoms with E-state index < -0.39 is 17.6 Å². The van der Waals surface area contributed by atoms with Crippen molar-refractivity contribution in [3.8, 4) is 5.75 Å². The number of nitrogens with zero attached hydrogens (tertiary/aromatic N) is 1. The molecule has 1 aliphatic heterocycles. The Morgan fingerprint density at radius 2 is 1.68 bits per heavy atom. The predicted octanol–water partition coefficient (Wildman–Crippen LogP) is 3.90. The number of para-hydroxylation sites is 1. The van der Waals surface area contributed by atoms with Gasteiger partial charge in [-0.15, -0.1) is 0 Å². The van der Waals surface area contributed by atoms with Crippen LogP contribution in [0.4, 0.5) is 0 Å². The summed E-state index contributed by atoms with van der Waals surface area (Å²) < 4.78 is 11.0. The molecule has 0 fully saturated rings.